The number of benzene rings is 11. The van der Waals surface area contributed by atoms with Crippen molar-refractivity contribution >= 4 is 60.4 Å². The molecule has 0 amide bonds. The SMILES string of the molecule is c1ccc(-c2ccc(N(c3ccc(-c4cccc5c4c4ccccc4n5-c4ccccc4)cc3)c3ccc4c(c3)c(-c3ccccc3)c(-c3ccccc3)c3ccccc34)cc2)cc1. The van der Waals surface area contributed by atoms with Gasteiger partial charge in [0.15, 0.2) is 0 Å². The lowest BCUT2D eigenvalue weighted by Crippen LogP contribution is -2.10. The number of anilines is 3. The molecule has 0 saturated heterocycles. The van der Waals surface area contributed by atoms with Crippen molar-refractivity contribution in [3.63, 3.8) is 0 Å². The van der Waals surface area contributed by atoms with E-state index in [1.807, 2.05) is 0 Å². The molecule has 12 rings (SSSR count). The molecule has 12 aromatic rings. The number of hydrogen-bond acceptors (Lipinski definition) is 1. The number of rotatable bonds is 8. The lowest BCUT2D eigenvalue weighted by molar-refractivity contribution is 1.18. The van der Waals surface area contributed by atoms with E-state index in [1.54, 1.807) is 0 Å². The van der Waals surface area contributed by atoms with Gasteiger partial charge in [0.2, 0.25) is 0 Å². The third-order valence-electron chi connectivity index (χ3n) is 12.8. The lowest BCUT2D eigenvalue weighted by Gasteiger charge is -2.27. The molecule has 0 atom stereocenters. The Hall–Kier alpha value is -8.46. The van der Waals surface area contributed by atoms with E-state index in [2.05, 4.69) is 264 Å². The van der Waals surface area contributed by atoms with E-state index in [4.69, 9.17) is 0 Å². The minimum absolute atomic E-state index is 1.08. The summed E-state index contributed by atoms with van der Waals surface area (Å²) in [6.07, 6.45) is 0. The second-order valence-corrected chi connectivity index (χ2v) is 16.4. The topological polar surface area (TPSA) is 8.17 Å². The first-order valence-electron chi connectivity index (χ1n) is 22.0. The Morgan fingerprint density at radius 2 is 0.719 bits per heavy atom. The number of fused-ring (bicyclic) bond motifs is 6. The van der Waals surface area contributed by atoms with E-state index in [-0.39, 0.29) is 0 Å². The quantitative estimate of drug-likeness (QED) is 0.139. The molecule has 0 aliphatic heterocycles. The van der Waals surface area contributed by atoms with Gasteiger partial charge >= 0.3 is 0 Å². The van der Waals surface area contributed by atoms with Crippen LogP contribution in [0.2, 0.25) is 0 Å². The van der Waals surface area contributed by atoms with E-state index in [0.717, 1.165) is 22.7 Å². The first-order valence-corrected chi connectivity index (χ1v) is 22.0. The molecule has 0 bridgehead atoms. The smallest absolute Gasteiger partial charge is 0.0547 e. The first kappa shape index (κ1) is 37.3. The first-order chi connectivity index (χ1) is 31.8. The molecule has 1 heterocycles. The molecular weight excluding hydrogens is 773 g/mol. The van der Waals surface area contributed by atoms with Crippen molar-refractivity contribution in [3.05, 3.63) is 255 Å². The average Bonchev–Trinajstić information content (AvgIpc) is 3.72. The van der Waals surface area contributed by atoms with E-state index in [0.29, 0.717) is 0 Å². The summed E-state index contributed by atoms with van der Waals surface area (Å²) < 4.78 is 2.39. The molecule has 0 saturated carbocycles. The molecule has 300 valence electrons. The molecule has 1 aromatic heterocycles. The summed E-state index contributed by atoms with van der Waals surface area (Å²) in [5.74, 6) is 0. The van der Waals surface area contributed by atoms with E-state index in [1.165, 1.54) is 87.9 Å². The third kappa shape index (κ3) is 6.35. The van der Waals surface area contributed by atoms with Gasteiger partial charge in [0.25, 0.3) is 0 Å². The van der Waals surface area contributed by atoms with Crippen LogP contribution in [0.3, 0.4) is 0 Å². The number of para-hydroxylation sites is 2. The van der Waals surface area contributed by atoms with Gasteiger partial charge in [-0.05, 0) is 127 Å². The Labute approximate surface area is 373 Å². The van der Waals surface area contributed by atoms with E-state index < -0.39 is 0 Å². The summed E-state index contributed by atoms with van der Waals surface area (Å²) in [5.41, 5.74) is 16.5. The highest BCUT2D eigenvalue weighted by Gasteiger charge is 2.21. The van der Waals surface area contributed by atoms with Gasteiger partial charge in [0.05, 0.1) is 11.0 Å². The maximum Gasteiger partial charge on any atom is 0.0547 e. The van der Waals surface area contributed by atoms with Crippen molar-refractivity contribution in [2.75, 3.05) is 4.90 Å². The van der Waals surface area contributed by atoms with Crippen LogP contribution >= 0.6 is 0 Å². The van der Waals surface area contributed by atoms with Crippen LogP contribution in [0.25, 0.3) is 93.5 Å². The minimum atomic E-state index is 1.08. The zero-order valence-corrected chi connectivity index (χ0v) is 35.1. The van der Waals surface area contributed by atoms with Gasteiger partial charge in [-0.25, -0.2) is 0 Å². The third-order valence-corrected chi connectivity index (χ3v) is 12.8. The van der Waals surface area contributed by atoms with Crippen LogP contribution in [-0.2, 0) is 0 Å². The number of hydrogen-bond donors (Lipinski definition) is 0. The Morgan fingerprint density at radius 3 is 1.36 bits per heavy atom. The maximum atomic E-state index is 2.41. The Balaban J connectivity index is 1.06. The fraction of sp³-hybridized carbons (Fsp3) is 0. The standard InChI is InChI=1S/C62H42N2/c1-5-18-43(19-6-1)44-32-36-49(37-33-44)63(50-38-34-45(35-39-50)52-29-17-31-59-62(52)56-28-15-16-30-58(56)64(59)48-24-11-4-12-25-48)51-40-41-54-53-26-13-14-27-55(53)60(46-20-7-2-8-21-46)61(57(54)42-51)47-22-9-3-10-23-47/h1-42H. The van der Waals surface area contributed by atoms with Crippen molar-refractivity contribution in [1.82, 2.24) is 4.57 Å². The summed E-state index contributed by atoms with van der Waals surface area (Å²) in [7, 11) is 0. The fourth-order valence-corrected chi connectivity index (χ4v) is 9.91. The Morgan fingerprint density at radius 1 is 0.266 bits per heavy atom. The monoisotopic (exact) mass is 814 g/mol. The van der Waals surface area contributed by atoms with Gasteiger partial charge in [0.1, 0.15) is 0 Å². The highest BCUT2D eigenvalue weighted by molar-refractivity contribution is 6.22. The minimum Gasteiger partial charge on any atom is -0.310 e. The zero-order chi connectivity index (χ0) is 42.4. The van der Waals surface area contributed by atoms with Crippen LogP contribution in [0.5, 0.6) is 0 Å². The van der Waals surface area contributed by atoms with Gasteiger partial charge in [-0.3, -0.25) is 0 Å². The summed E-state index contributed by atoms with van der Waals surface area (Å²) >= 11 is 0. The highest BCUT2D eigenvalue weighted by Crippen LogP contribution is 2.47. The summed E-state index contributed by atoms with van der Waals surface area (Å²) in [4.78, 5) is 2.41. The molecule has 0 spiro atoms. The molecule has 0 radical (unpaired) electrons. The van der Waals surface area contributed by atoms with Crippen molar-refractivity contribution in [2.45, 2.75) is 0 Å². The number of aromatic nitrogens is 1. The van der Waals surface area contributed by atoms with Gasteiger partial charge < -0.3 is 9.47 Å². The van der Waals surface area contributed by atoms with Crippen LogP contribution in [-0.4, -0.2) is 4.57 Å². The van der Waals surface area contributed by atoms with E-state index >= 15 is 0 Å². The van der Waals surface area contributed by atoms with Gasteiger partial charge in [0, 0.05) is 33.5 Å². The lowest BCUT2D eigenvalue weighted by atomic mass is 9.85. The molecule has 0 N–H and O–H groups in total. The van der Waals surface area contributed by atoms with Crippen molar-refractivity contribution < 1.29 is 0 Å². The molecule has 0 fully saturated rings. The van der Waals surface area contributed by atoms with Gasteiger partial charge in [-0.1, -0.05) is 194 Å². The van der Waals surface area contributed by atoms with Gasteiger partial charge in [-0.2, -0.15) is 0 Å². The van der Waals surface area contributed by atoms with Crippen molar-refractivity contribution in [1.29, 1.82) is 0 Å². The predicted octanol–water partition coefficient (Wildman–Crippen LogP) is 17.2. The highest BCUT2D eigenvalue weighted by atomic mass is 15.1. The largest absolute Gasteiger partial charge is 0.310 e. The molecule has 0 aliphatic carbocycles. The van der Waals surface area contributed by atoms with Crippen molar-refractivity contribution in [2.24, 2.45) is 0 Å². The molecule has 0 aliphatic rings. The number of nitrogens with zero attached hydrogens (tertiary/aromatic N) is 2. The van der Waals surface area contributed by atoms with Crippen LogP contribution < -0.4 is 4.90 Å². The molecule has 11 aromatic carbocycles. The molecule has 0 unspecified atom stereocenters. The second kappa shape index (κ2) is 15.8. The van der Waals surface area contributed by atoms with Crippen LogP contribution in [0.15, 0.2) is 255 Å². The normalized spacial score (nSPS) is 11.4. The average molecular weight is 815 g/mol. The summed E-state index contributed by atoms with van der Waals surface area (Å²) in [6, 6.07) is 92.6. The Bertz CT molecular complexity index is 3610. The zero-order valence-electron chi connectivity index (χ0n) is 35.1. The van der Waals surface area contributed by atoms with Gasteiger partial charge in [-0.15, -0.1) is 0 Å². The summed E-state index contributed by atoms with van der Waals surface area (Å²) in [6.45, 7) is 0. The Kier molecular flexibility index (Phi) is 9.20. The van der Waals surface area contributed by atoms with Crippen LogP contribution in [0, 0.1) is 0 Å². The van der Waals surface area contributed by atoms with Crippen LogP contribution in [0.1, 0.15) is 0 Å². The predicted molar refractivity (Wildman–Crippen MR) is 272 cm³/mol. The molecular formula is C62H42N2. The molecule has 2 heteroatoms. The van der Waals surface area contributed by atoms with Crippen molar-refractivity contribution in [3.8, 4) is 50.2 Å². The fourth-order valence-electron chi connectivity index (χ4n) is 9.91. The van der Waals surface area contributed by atoms with E-state index in [9.17, 15) is 0 Å². The summed E-state index contributed by atoms with van der Waals surface area (Å²) in [5, 5.41) is 7.44. The van der Waals surface area contributed by atoms with Crippen LogP contribution in [0.4, 0.5) is 17.1 Å². The molecule has 2 nitrogen and oxygen atoms in total. The maximum absolute atomic E-state index is 2.41. The second-order valence-electron chi connectivity index (χ2n) is 16.4. The molecule has 64 heavy (non-hydrogen) atoms.